The van der Waals surface area contributed by atoms with Crippen LogP contribution in [0.25, 0.3) is 6.08 Å². The quantitative estimate of drug-likeness (QED) is 0.603. The first-order chi connectivity index (χ1) is 6.63. The molecule has 74 valence electrons. The Bertz CT molecular complexity index is 374. The summed E-state index contributed by atoms with van der Waals surface area (Å²) in [7, 11) is 1.27. The van der Waals surface area contributed by atoms with Crippen molar-refractivity contribution < 1.29 is 13.9 Å². The van der Waals surface area contributed by atoms with E-state index in [1.807, 2.05) is 0 Å². The molecule has 0 fully saturated rings. The lowest BCUT2D eigenvalue weighted by atomic mass is 10.2. The Hall–Kier alpha value is -1.16. The first kappa shape index (κ1) is 10.9. The van der Waals surface area contributed by atoms with Crippen LogP contribution in [-0.2, 0) is 9.53 Å². The van der Waals surface area contributed by atoms with E-state index in [1.165, 1.54) is 25.3 Å². The summed E-state index contributed by atoms with van der Waals surface area (Å²) in [5.41, 5.74) is 0.346. The van der Waals surface area contributed by atoms with Crippen LogP contribution in [0.3, 0.4) is 0 Å². The van der Waals surface area contributed by atoms with E-state index in [4.69, 9.17) is 0 Å². The summed E-state index contributed by atoms with van der Waals surface area (Å²) in [6.45, 7) is 0. The minimum atomic E-state index is -0.507. The third-order valence-electron chi connectivity index (χ3n) is 1.56. The van der Waals surface area contributed by atoms with Crippen LogP contribution in [0.1, 0.15) is 5.56 Å². The van der Waals surface area contributed by atoms with Gasteiger partial charge in [-0.25, -0.2) is 9.18 Å². The Morgan fingerprint density at radius 1 is 1.57 bits per heavy atom. The normalized spacial score (nSPS) is 10.5. The molecule has 0 aliphatic rings. The van der Waals surface area contributed by atoms with Crippen LogP contribution >= 0.6 is 15.9 Å². The molecule has 0 saturated heterocycles. The second kappa shape index (κ2) is 4.91. The highest BCUT2D eigenvalue weighted by Crippen LogP contribution is 2.16. The molecule has 0 amide bonds. The van der Waals surface area contributed by atoms with Crippen molar-refractivity contribution in [2.45, 2.75) is 0 Å². The fourth-order valence-corrected chi connectivity index (χ4v) is 1.20. The summed E-state index contributed by atoms with van der Waals surface area (Å²) >= 11 is 3.13. The molecule has 1 rings (SSSR count). The van der Waals surface area contributed by atoms with Crippen LogP contribution in [0.15, 0.2) is 28.7 Å². The highest BCUT2D eigenvalue weighted by molar-refractivity contribution is 9.10. The van der Waals surface area contributed by atoms with Crippen molar-refractivity contribution in [1.82, 2.24) is 0 Å². The molecule has 4 heteroatoms. The van der Waals surface area contributed by atoms with Crippen molar-refractivity contribution in [2.75, 3.05) is 7.11 Å². The molecule has 1 aromatic carbocycles. The van der Waals surface area contributed by atoms with E-state index in [2.05, 4.69) is 20.7 Å². The second-order valence-electron chi connectivity index (χ2n) is 2.52. The number of esters is 1. The smallest absolute Gasteiger partial charge is 0.330 e. The molecule has 0 spiro atoms. The molecule has 0 saturated carbocycles. The predicted octanol–water partition coefficient (Wildman–Crippen LogP) is 2.77. The maximum Gasteiger partial charge on any atom is 0.330 e. The van der Waals surface area contributed by atoms with Crippen molar-refractivity contribution in [3.05, 3.63) is 40.1 Å². The summed E-state index contributed by atoms with van der Waals surface area (Å²) in [6.07, 6.45) is 2.54. The van der Waals surface area contributed by atoms with Gasteiger partial charge in [-0.1, -0.05) is 22.0 Å². The number of carbonyl (C=O) groups excluding carboxylic acids is 1. The molecule has 0 aromatic heterocycles. The Labute approximate surface area is 89.5 Å². The van der Waals surface area contributed by atoms with Gasteiger partial charge >= 0.3 is 5.97 Å². The van der Waals surface area contributed by atoms with Gasteiger partial charge in [-0.2, -0.15) is 0 Å². The van der Waals surface area contributed by atoms with Crippen LogP contribution in [0, 0.1) is 5.82 Å². The Morgan fingerprint density at radius 2 is 2.29 bits per heavy atom. The topological polar surface area (TPSA) is 26.3 Å². The Morgan fingerprint density at radius 3 is 2.86 bits per heavy atom. The molecule has 2 nitrogen and oxygen atoms in total. The first-order valence-corrected chi connectivity index (χ1v) is 4.64. The standard InChI is InChI=1S/C10H8BrFO2/c1-14-10(13)5-3-7-2-4-8(11)6-9(7)12/h2-6H,1H3. The van der Waals surface area contributed by atoms with Crippen LogP contribution in [0.5, 0.6) is 0 Å². The third-order valence-corrected chi connectivity index (χ3v) is 2.06. The molecule has 0 N–H and O–H groups in total. The monoisotopic (exact) mass is 258 g/mol. The number of halogens is 2. The van der Waals surface area contributed by atoms with Gasteiger partial charge in [-0.15, -0.1) is 0 Å². The van der Waals surface area contributed by atoms with Gasteiger partial charge in [-0.05, 0) is 18.2 Å². The summed E-state index contributed by atoms with van der Waals surface area (Å²) < 4.78 is 18.2. The van der Waals surface area contributed by atoms with E-state index in [0.717, 1.165) is 0 Å². The maximum atomic E-state index is 13.2. The van der Waals surface area contributed by atoms with Crippen molar-refractivity contribution in [3.8, 4) is 0 Å². The zero-order chi connectivity index (χ0) is 10.6. The summed E-state index contributed by atoms with van der Waals surface area (Å²) in [6, 6.07) is 4.59. The van der Waals surface area contributed by atoms with Gasteiger partial charge in [0.05, 0.1) is 7.11 Å². The van der Waals surface area contributed by atoms with Crippen LogP contribution in [0.4, 0.5) is 4.39 Å². The van der Waals surface area contributed by atoms with Gasteiger partial charge < -0.3 is 4.74 Å². The fourth-order valence-electron chi connectivity index (χ4n) is 0.863. The SMILES string of the molecule is COC(=O)C=Cc1ccc(Br)cc1F. The third kappa shape index (κ3) is 2.96. The zero-order valence-electron chi connectivity index (χ0n) is 7.46. The molecule has 0 aliphatic carbocycles. The number of rotatable bonds is 2. The maximum absolute atomic E-state index is 13.2. The number of hydrogen-bond donors (Lipinski definition) is 0. The second-order valence-corrected chi connectivity index (χ2v) is 3.44. The Kier molecular flexibility index (Phi) is 3.83. The average molecular weight is 259 g/mol. The summed E-state index contributed by atoms with van der Waals surface area (Å²) in [5.74, 6) is -0.896. The minimum Gasteiger partial charge on any atom is -0.466 e. The molecular formula is C10H8BrFO2. The van der Waals surface area contributed by atoms with E-state index in [0.29, 0.717) is 10.0 Å². The van der Waals surface area contributed by atoms with Crippen LogP contribution in [0.2, 0.25) is 0 Å². The van der Waals surface area contributed by atoms with Gasteiger partial charge in [0.15, 0.2) is 0 Å². The molecule has 1 aromatic rings. The number of methoxy groups -OCH3 is 1. The van der Waals surface area contributed by atoms with Crippen LogP contribution < -0.4 is 0 Å². The lowest BCUT2D eigenvalue weighted by Gasteiger charge is -1.96. The molecule has 0 bridgehead atoms. The lowest BCUT2D eigenvalue weighted by molar-refractivity contribution is -0.134. The average Bonchev–Trinajstić information content (AvgIpc) is 2.16. The summed E-state index contributed by atoms with van der Waals surface area (Å²) in [4.78, 5) is 10.7. The fraction of sp³-hybridized carbons (Fsp3) is 0.100. The van der Waals surface area contributed by atoms with Gasteiger partial charge in [-0.3, -0.25) is 0 Å². The highest BCUT2D eigenvalue weighted by Gasteiger charge is 1.99. The lowest BCUT2D eigenvalue weighted by Crippen LogP contribution is -1.93. The van der Waals surface area contributed by atoms with Crippen molar-refractivity contribution in [2.24, 2.45) is 0 Å². The van der Waals surface area contributed by atoms with E-state index in [9.17, 15) is 9.18 Å². The van der Waals surface area contributed by atoms with Crippen molar-refractivity contribution >= 4 is 28.0 Å². The Balaban J connectivity index is 2.87. The first-order valence-electron chi connectivity index (χ1n) is 3.84. The molecule has 0 atom stereocenters. The number of ether oxygens (including phenoxy) is 1. The van der Waals surface area contributed by atoms with Gasteiger partial charge in [0.2, 0.25) is 0 Å². The highest BCUT2D eigenvalue weighted by atomic mass is 79.9. The van der Waals surface area contributed by atoms with Crippen LogP contribution in [-0.4, -0.2) is 13.1 Å². The van der Waals surface area contributed by atoms with Crippen molar-refractivity contribution in [1.29, 1.82) is 0 Å². The number of hydrogen-bond acceptors (Lipinski definition) is 2. The molecule has 0 aliphatic heterocycles. The zero-order valence-corrected chi connectivity index (χ0v) is 9.05. The van der Waals surface area contributed by atoms with Gasteiger partial charge in [0.25, 0.3) is 0 Å². The van der Waals surface area contributed by atoms with Gasteiger partial charge in [0, 0.05) is 16.1 Å². The molecule has 0 unspecified atom stereocenters. The van der Waals surface area contributed by atoms with E-state index < -0.39 is 5.97 Å². The van der Waals surface area contributed by atoms with Gasteiger partial charge in [0.1, 0.15) is 5.82 Å². The molecule has 0 heterocycles. The predicted molar refractivity (Wildman–Crippen MR) is 55.2 cm³/mol. The molecular weight excluding hydrogens is 251 g/mol. The van der Waals surface area contributed by atoms with E-state index in [1.54, 1.807) is 12.1 Å². The largest absolute Gasteiger partial charge is 0.466 e. The molecule has 14 heavy (non-hydrogen) atoms. The van der Waals surface area contributed by atoms with E-state index >= 15 is 0 Å². The van der Waals surface area contributed by atoms with E-state index in [-0.39, 0.29) is 5.82 Å². The molecule has 0 radical (unpaired) electrons. The number of benzene rings is 1. The van der Waals surface area contributed by atoms with Crippen molar-refractivity contribution in [3.63, 3.8) is 0 Å². The number of carbonyl (C=O) groups is 1. The minimum absolute atomic E-state index is 0.346. The summed E-state index contributed by atoms with van der Waals surface area (Å²) in [5, 5.41) is 0.